The molecule has 0 spiro atoms. The van der Waals surface area contributed by atoms with Crippen molar-refractivity contribution in [2.45, 2.75) is 39.2 Å². The van der Waals surface area contributed by atoms with Gasteiger partial charge in [-0.25, -0.2) is 0 Å². The zero-order chi connectivity index (χ0) is 26.2. The fraction of sp³-hybridized carbons (Fsp3) is 0.360. The van der Waals surface area contributed by atoms with Crippen LogP contribution in [0.2, 0.25) is 10.0 Å². The van der Waals surface area contributed by atoms with Gasteiger partial charge in [0.2, 0.25) is 0 Å². The minimum absolute atomic E-state index is 0.0183. The van der Waals surface area contributed by atoms with Gasteiger partial charge in [-0.3, -0.25) is 9.59 Å². The smallest absolute Gasteiger partial charge is 0.307 e. The summed E-state index contributed by atoms with van der Waals surface area (Å²) in [5.74, 6) is 0.203. The van der Waals surface area contributed by atoms with Crippen molar-refractivity contribution in [3.63, 3.8) is 0 Å². The Morgan fingerprint density at radius 1 is 1.03 bits per heavy atom. The molecule has 0 saturated heterocycles. The third kappa shape index (κ3) is 8.32. The number of rotatable bonds is 11. The van der Waals surface area contributed by atoms with Gasteiger partial charge in [-0.15, -0.1) is 11.6 Å². The van der Waals surface area contributed by atoms with Crippen LogP contribution in [0.4, 0.5) is 0 Å². The molecule has 0 heterocycles. The first-order chi connectivity index (χ1) is 16.5. The average molecular weight is 545 g/mol. The lowest BCUT2D eigenvalue weighted by molar-refractivity contribution is -0.146. The number of halogens is 3. The summed E-state index contributed by atoms with van der Waals surface area (Å²) in [7, 11) is 0. The lowest BCUT2D eigenvalue weighted by atomic mass is 9.78. The maximum absolute atomic E-state index is 11.2. The van der Waals surface area contributed by atoms with Gasteiger partial charge < -0.3 is 24.7 Å². The first-order valence-corrected chi connectivity index (χ1v) is 12.0. The molecule has 0 bridgehead atoms. The number of carbonyl (C=O) groups excluding carboxylic acids is 2. The summed E-state index contributed by atoms with van der Waals surface area (Å²) in [6, 6.07) is 11.0. The third-order valence-corrected chi connectivity index (χ3v) is 5.92. The highest BCUT2D eigenvalue weighted by atomic mass is 35.5. The molecule has 0 aliphatic carbocycles. The van der Waals surface area contributed by atoms with Crippen molar-refractivity contribution < 1.29 is 28.5 Å². The molecule has 0 unspecified atom stereocenters. The summed E-state index contributed by atoms with van der Waals surface area (Å²) >= 11 is 18.8. The molecule has 2 N–H and O–H groups in total. The maximum atomic E-state index is 11.2. The first kappa shape index (κ1) is 28.8. The van der Waals surface area contributed by atoms with Crippen LogP contribution in [0.15, 0.2) is 48.4 Å². The molecule has 0 amide bonds. The molecule has 0 aliphatic rings. The topological polar surface area (TPSA) is 97.1 Å². The fourth-order valence-corrected chi connectivity index (χ4v) is 3.88. The minimum atomic E-state index is -0.622. The molecule has 2 aromatic carbocycles. The van der Waals surface area contributed by atoms with Gasteiger partial charge in [-0.05, 0) is 35.4 Å². The molecule has 0 saturated carbocycles. The Bertz CT molecular complexity index is 1050. The number of carbonyl (C=O) groups is 2. The molecule has 0 aromatic heterocycles. The second-order valence-corrected chi connectivity index (χ2v) is 9.24. The van der Waals surface area contributed by atoms with E-state index < -0.39 is 23.5 Å². The van der Waals surface area contributed by atoms with Crippen molar-refractivity contribution in [2.75, 3.05) is 19.0 Å². The van der Waals surface area contributed by atoms with Crippen LogP contribution in [0.3, 0.4) is 0 Å². The van der Waals surface area contributed by atoms with Crippen LogP contribution in [0.5, 0.6) is 11.5 Å². The van der Waals surface area contributed by atoms with Crippen molar-refractivity contribution in [1.29, 1.82) is 0 Å². The third-order valence-electron chi connectivity index (χ3n) is 5.02. The van der Waals surface area contributed by atoms with Crippen LogP contribution in [0, 0.1) is 0 Å². The Kier molecular flexibility index (Phi) is 10.7. The van der Waals surface area contributed by atoms with Crippen molar-refractivity contribution >= 4 is 46.7 Å². The van der Waals surface area contributed by atoms with E-state index in [-0.39, 0.29) is 30.5 Å². The Morgan fingerprint density at radius 2 is 1.63 bits per heavy atom. The van der Waals surface area contributed by atoms with Gasteiger partial charge in [0, 0.05) is 19.3 Å². The van der Waals surface area contributed by atoms with Gasteiger partial charge in [0.05, 0.1) is 22.5 Å². The second kappa shape index (κ2) is 13.0. The van der Waals surface area contributed by atoms with Crippen molar-refractivity contribution in [2.24, 2.45) is 5.73 Å². The van der Waals surface area contributed by atoms with E-state index in [1.54, 1.807) is 24.3 Å². The number of alkyl halides is 1. The first-order valence-electron chi connectivity index (χ1n) is 10.7. The summed E-state index contributed by atoms with van der Waals surface area (Å²) in [4.78, 5) is 22.2. The average Bonchev–Trinajstić information content (AvgIpc) is 2.80. The number of hydrogen-bond acceptors (Lipinski definition) is 7. The molecule has 10 heteroatoms. The number of ether oxygens (including phenoxy) is 4. The Balaban J connectivity index is 2.19. The van der Waals surface area contributed by atoms with Crippen LogP contribution in [0.25, 0.3) is 0 Å². The molecule has 190 valence electrons. The van der Waals surface area contributed by atoms with E-state index in [9.17, 15) is 9.59 Å². The van der Waals surface area contributed by atoms with Crippen LogP contribution < -0.4 is 15.2 Å². The van der Waals surface area contributed by atoms with E-state index in [4.69, 9.17) is 59.5 Å². The van der Waals surface area contributed by atoms with Crippen LogP contribution in [0.1, 0.15) is 38.8 Å². The van der Waals surface area contributed by atoms with E-state index >= 15 is 0 Å². The van der Waals surface area contributed by atoms with Gasteiger partial charge in [-0.2, -0.15) is 0 Å². The molecule has 1 atom stereocenters. The molecular formula is C25H28Cl3NO6. The van der Waals surface area contributed by atoms with Gasteiger partial charge in [0.15, 0.2) is 11.5 Å². The largest absolute Gasteiger partial charge is 0.487 e. The molecule has 0 fully saturated rings. The molecule has 0 radical (unpaired) electrons. The standard InChI is InChI=1S/C25H28Cl3NO6/c1-15(30)34-20(11-26)13-33-24-22(27)9-18(10-23(24)28)25(3,4)17-5-7-19(8-6-17)32-14-21(12-29)35-16(2)31/h5-10,14,20H,11-13,29H2,1-4H3/b21-14-/t20-/m0/s1. The molecule has 2 aromatic rings. The highest BCUT2D eigenvalue weighted by Crippen LogP contribution is 2.40. The molecule has 7 nitrogen and oxygen atoms in total. The highest BCUT2D eigenvalue weighted by molar-refractivity contribution is 6.37. The predicted molar refractivity (Wildman–Crippen MR) is 136 cm³/mol. The summed E-state index contributed by atoms with van der Waals surface area (Å²) in [5.41, 5.74) is 6.92. The zero-order valence-corrected chi connectivity index (χ0v) is 22.2. The quantitative estimate of drug-likeness (QED) is 0.223. The monoisotopic (exact) mass is 543 g/mol. The maximum Gasteiger partial charge on any atom is 0.307 e. The summed E-state index contributed by atoms with van der Waals surface area (Å²) in [6.07, 6.45) is 0.679. The highest BCUT2D eigenvalue weighted by Gasteiger charge is 2.26. The van der Waals surface area contributed by atoms with E-state index in [1.165, 1.54) is 20.1 Å². The number of esters is 2. The summed E-state index contributed by atoms with van der Waals surface area (Å²) in [6.45, 7) is 6.70. The molecular weight excluding hydrogens is 517 g/mol. The Hall–Kier alpha value is -2.45. The number of benzene rings is 2. The van der Waals surface area contributed by atoms with E-state index in [0.717, 1.165) is 11.1 Å². The van der Waals surface area contributed by atoms with Gasteiger partial charge in [-0.1, -0.05) is 49.2 Å². The van der Waals surface area contributed by atoms with Crippen molar-refractivity contribution in [3.8, 4) is 11.5 Å². The zero-order valence-electron chi connectivity index (χ0n) is 19.9. The fourth-order valence-electron chi connectivity index (χ4n) is 3.13. The predicted octanol–water partition coefficient (Wildman–Crippen LogP) is 5.61. The molecule has 2 rings (SSSR count). The minimum Gasteiger partial charge on any atom is -0.487 e. The van der Waals surface area contributed by atoms with Gasteiger partial charge in [0.25, 0.3) is 0 Å². The molecule has 35 heavy (non-hydrogen) atoms. The van der Waals surface area contributed by atoms with Crippen LogP contribution in [-0.2, 0) is 24.5 Å². The lowest BCUT2D eigenvalue weighted by Crippen LogP contribution is -2.26. The number of hydrogen-bond donors (Lipinski definition) is 1. The Labute approximate surface area is 220 Å². The van der Waals surface area contributed by atoms with Gasteiger partial charge in [0.1, 0.15) is 24.7 Å². The van der Waals surface area contributed by atoms with Crippen LogP contribution >= 0.6 is 34.8 Å². The SMILES string of the molecule is CC(=O)O/C(=C\Oc1ccc(C(C)(C)c2cc(Cl)c(OC[C@H](CCl)OC(C)=O)c(Cl)c2)cc1)CN. The molecule has 0 aliphatic heterocycles. The second-order valence-electron chi connectivity index (χ2n) is 8.11. The number of nitrogens with two attached hydrogens (primary N) is 1. The summed E-state index contributed by atoms with van der Waals surface area (Å²) < 4.78 is 21.3. The van der Waals surface area contributed by atoms with Crippen molar-refractivity contribution in [3.05, 3.63) is 69.6 Å². The van der Waals surface area contributed by atoms with Gasteiger partial charge >= 0.3 is 11.9 Å². The van der Waals surface area contributed by atoms with Crippen LogP contribution in [-0.4, -0.2) is 37.1 Å². The lowest BCUT2D eigenvalue weighted by Gasteiger charge is -2.27. The Morgan fingerprint density at radius 3 is 2.11 bits per heavy atom. The van der Waals surface area contributed by atoms with E-state index in [0.29, 0.717) is 15.8 Å². The normalized spacial score (nSPS) is 12.6. The van der Waals surface area contributed by atoms with E-state index in [2.05, 4.69) is 0 Å². The van der Waals surface area contributed by atoms with E-state index in [1.807, 2.05) is 26.0 Å². The summed E-state index contributed by atoms with van der Waals surface area (Å²) in [5, 5.41) is 0.642. The van der Waals surface area contributed by atoms with Crippen molar-refractivity contribution in [1.82, 2.24) is 0 Å².